The molecule has 0 spiro atoms. The molecule has 0 aliphatic heterocycles. The fourth-order valence-electron chi connectivity index (χ4n) is 2.15. The second kappa shape index (κ2) is 5.45. The number of para-hydroxylation sites is 1. The zero-order valence-corrected chi connectivity index (χ0v) is 11.4. The van der Waals surface area contributed by atoms with E-state index in [2.05, 4.69) is 5.32 Å². The van der Waals surface area contributed by atoms with Crippen LogP contribution in [0.25, 0.3) is 10.8 Å². The summed E-state index contributed by atoms with van der Waals surface area (Å²) in [5.41, 5.74) is 1.90. The van der Waals surface area contributed by atoms with Gasteiger partial charge in [-0.1, -0.05) is 36.4 Å². The Balaban J connectivity index is 2.10. The van der Waals surface area contributed by atoms with Crippen LogP contribution in [-0.2, 0) is 11.1 Å². The molecule has 0 radical (unpaired) electrons. The number of nitrogens with one attached hydrogen (secondary N) is 1. The smallest absolute Gasteiger partial charge is 0.186 e. The third kappa shape index (κ3) is 2.57. The van der Waals surface area contributed by atoms with Gasteiger partial charge in [0, 0.05) is 16.8 Å². The molecule has 100 valence electrons. The zero-order valence-electron chi connectivity index (χ0n) is 10.6. The zero-order chi connectivity index (χ0) is 13.9. The van der Waals surface area contributed by atoms with Crippen molar-refractivity contribution in [2.75, 3.05) is 5.32 Å². The molecule has 0 aliphatic rings. The first-order valence-corrected chi connectivity index (χ1v) is 7.30. The van der Waals surface area contributed by atoms with Crippen molar-refractivity contribution < 1.29 is 8.76 Å². The lowest BCUT2D eigenvalue weighted by Crippen LogP contribution is -1.93. The second-order valence-electron chi connectivity index (χ2n) is 4.43. The maximum atomic E-state index is 11.2. The standard InChI is InChI=1S/C16H13NO2S/c18-20(19)14-10-9-12-5-4-8-16(15(12)11-14)17-13-6-2-1-3-7-13/h1-11,17H,(H,18,19). The lowest BCUT2D eigenvalue weighted by molar-refractivity contribution is 0.564. The molecule has 1 unspecified atom stereocenters. The summed E-state index contributed by atoms with van der Waals surface area (Å²) >= 11 is -1.97. The lowest BCUT2D eigenvalue weighted by atomic mass is 10.1. The van der Waals surface area contributed by atoms with Crippen LogP contribution in [0, 0.1) is 0 Å². The number of benzene rings is 3. The molecule has 0 aliphatic carbocycles. The Hall–Kier alpha value is -2.17. The molecule has 3 rings (SSSR count). The largest absolute Gasteiger partial charge is 0.355 e. The van der Waals surface area contributed by atoms with Crippen LogP contribution in [0.1, 0.15) is 0 Å². The van der Waals surface area contributed by atoms with E-state index in [9.17, 15) is 8.76 Å². The Bertz CT molecular complexity index is 772. The van der Waals surface area contributed by atoms with Gasteiger partial charge in [-0.3, -0.25) is 0 Å². The van der Waals surface area contributed by atoms with E-state index >= 15 is 0 Å². The van der Waals surface area contributed by atoms with E-state index in [0.717, 1.165) is 22.1 Å². The van der Waals surface area contributed by atoms with Crippen LogP contribution in [0.2, 0.25) is 0 Å². The van der Waals surface area contributed by atoms with Crippen molar-refractivity contribution in [3.63, 3.8) is 0 Å². The average molecular weight is 283 g/mol. The van der Waals surface area contributed by atoms with Crippen LogP contribution in [0.4, 0.5) is 11.4 Å². The third-order valence-electron chi connectivity index (χ3n) is 3.11. The molecule has 0 saturated heterocycles. The summed E-state index contributed by atoms with van der Waals surface area (Å²) in [5.74, 6) is 0. The monoisotopic (exact) mass is 283 g/mol. The van der Waals surface area contributed by atoms with E-state index in [4.69, 9.17) is 0 Å². The van der Waals surface area contributed by atoms with Gasteiger partial charge in [0.2, 0.25) is 0 Å². The minimum atomic E-state index is -1.97. The highest BCUT2D eigenvalue weighted by molar-refractivity contribution is 7.79. The molecular formula is C16H13NO2S. The molecule has 3 nitrogen and oxygen atoms in total. The van der Waals surface area contributed by atoms with Gasteiger partial charge in [0.15, 0.2) is 11.1 Å². The highest BCUT2D eigenvalue weighted by Gasteiger charge is 2.05. The second-order valence-corrected chi connectivity index (χ2v) is 5.40. The fourth-order valence-corrected chi connectivity index (χ4v) is 2.55. The van der Waals surface area contributed by atoms with Crippen molar-refractivity contribution in [3.8, 4) is 0 Å². The molecule has 0 fully saturated rings. The van der Waals surface area contributed by atoms with E-state index in [-0.39, 0.29) is 0 Å². The van der Waals surface area contributed by atoms with E-state index in [1.165, 1.54) is 0 Å². The number of fused-ring (bicyclic) bond motifs is 1. The minimum Gasteiger partial charge on any atom is -0.355 e. The summed E-state index contributed by atoms with van der Waals surface area (Å²) in [6.07, 6.45) is 0. The molecule has 3 aromatic rings. The molecule has 2 N–H and O–H groups in total. The van der Waals surface area contributed by atoms with E-state index < -0.39 is 11.1 Å². The van der Waals surface area contributed by atoms with Crippen LogP contribution in [-0.4, -0.2) is 8.76 Å². The Labute approximate surface area is 119 Å². The van der Waals surface area contributed by atoms with Crippen LogP contribution < -0.4 is 5.32 Å². The predicted molar refractivity (Wildman–Crippen MR) is 82.7 cm³/mol. The normalized spacial score (nSPS) is 12.2. The summed E-state index contributed by atoms with van der Waals surface area (Å²) < 4.78 is 20.4. The number of hydrogen-bond acceptors (Lipinski definition) is 2. The summed E-state index contributed by atoms with van der Waals surface area (Å²) in [7, 11) is 0. The number of rotatable bonds is 3. The first-order chi connectivity index (χ1) is 9.74. The van der Waals surface area contributed by atoms with Gasteiger partial charge < -0.3 is 9.87 Å². The molecule has 20 heavy (non-hydrogen) atoms. The topological polar surface area (TPSA) is 49.3 Å². The predicted octanol–water partition coefficient (Wildman–Crippen LogP) is 4.16. The van der Waals surface area contributed by atoms with E-state index in [1.54, 1.807) is 12.1 Å². The van der Waals surface area contributed by atoms with E-state index in [0.29, 0.717) is 4.90 Å². The molecule has 0 heterocycles. The molecule has 0 saturated carbocycles. The highest BCUT2D eigenvalue weighted by Crippen LogP contribution is 2.28. The first kappa shape index (κ1) is 12.8. The molecule has 3 aromatic carbocycles. The van der Waals surface area contributed by atoms with Crippen molar-refractivity contribution in [2.24, 2.45) is 0 Å². The Morgan fingerprint density at radius 1 is 0.900 bits per heavy atom. The van der Waals surface area contributed by atoms with Crippen molar-refractivity contribution in [3.05, 3.63) is 66.7 Å². The first-order valence-electron chi connectivity index (χ1n) is 6.20. The van der Waals surface area contributed by atoms with Gasteiger partial charge >= 0.3 is 0 Å². The summed E-state index contributed by atoms with van der Waals surface area (Å²) in [6.45, 7) is 0. The summed E-state index contributed by atoms with van der Waals surface area (Å²) in [6, 6.07) is 21.0. The van der Waals surface area contributed by atoms with Crippen molar-refractivity contribution in [2.45, 2.75) is 4.90 Å². The van der Waals surface area contributed by atoms with Gasteiger partial charge in [-0.25, -0.2) is 4.21 Å². The maximum absolute atomic E-state index is 11.2. The molecule has 0 aromatic heterocycles. The maximum Gasteiger partial charge on any atom is 0.186 e. The van der Waals surface area contributed by atoms with Gasteiger partial charge in [-0.15, -0.1) is 0 Å². The van der Waals surface area contributed by atoms with Gasteiger partial charge in [-0.05, 0) is 35.7 Å². The van der Waals surface area contributed by atoms with Gasteiger partial charge in [0.25, 0.3) is 0 Å². The SMILES string of the molecule is O=S(O)c1ccc2cccc(Nc3ccccc3)c2c1. The quantitative estimate of drug-likeness (QED) is 0.709. The molecule has 1 atom stereocenters. The van der Waals surface area contributed by atoms with E-state index in [1.807, 2.05) is 54.6 Å². The Kier molecular flexibility index (Phi) is 3.50. The summed E-state index contributed by atoms with van der Waals surface area (Å²) in [5, 5.41) is 5.29. The van der Waals surface area contributed by atoms with Crippen LogP contribution in [0.3, 0.4) is 0 Å². The van der Waals surface area contributed by atoms with Crippen LogP contribution in [0.15, 0.2) is 71.6 Å². The Morgan fingerprint density at radius 3 is 2.45 bits per heavy atom. The van der Waals surface area contributed by atoms with Crippen molar-refractivity contribution in [1.82, 2.24) is 0 Å². The number of hydrogen-bond donors (Lipinski definition) is 2. The fraction of sp³-hybridized carbons (Fsp3) is 0. The van der Waals surface area contributed by atoms with Gasteiger partial charge in [0.1, 0.15) is 0 Å². The minimum absolute atomic E-state index is 0.403. The molecule has 0 amide bonds. The Morgan fingerprint density at radius 2 is 1.70 bits per heavy atom. The van der Waals surface area contributed by atoms with Crippen LogP contribution in [0.5, 0.6) is 0 Å². The molecular weight excluding hydrogens is 270 g/mol. The third-order valence-corrected chi connectivity index (χ3v) is 3.77. The number of anilines is 2. The average Bonchev–Trinajstić information content (AvgIpc) is 2.48. The summed E-state index contributed by atoms with van der Waals surface area (Å²) in [4.78, 5) is 0.403. The van der Waals surface area contributed by atoms with Crippen LogP contribution >= 0.6 is 0 Å². The molecule has 0 bridgehead atoms. The van der Waals surface area contributed by atoms with Crippen molar-refractivity contribution in [1.29, 1.82) is 0 Å². The highest BCUT2D eigenvalue weighted by atomic mass is 32.2. The van der Waals surface area contributed by atoms with Gasteiger partial charge in [-0.2, -0.15) is 0 Å². The lowest BCUT2D eigenvalue weighted by Gasteiger charge is -2.10. The van der Waals surface area contributed by atoms with Crippen molar-refractivity contribution >= 4 is 33.2 Å². The molecule has 4 heteroatoms. The van der Waals surface area contributed by atoms with Gasteiger partial charge in [0.05, 0.1) is 4.90 Å².